The van der Waals surface area contributed by atoms with E-state index in [1.807, 2.05) is 38.1 Å². The van der Waals surface area contributed by atoms with Gasteiger partial charge in [0.2, 0.25) is 11.8 Å². The highest BCUT2D eigenvalue weighted by Gasteiger charge is 2.75. The van der Waals surface area contributed by atoms with Crippen molar-refractivity contribution in [3.8, 4) is 0 Å². The average molecular weight is 667 g/mol. The lowest BCUT2D eigenvalue weighted by atomic mass is 9.70. The molecule has 0 aliphatic carbocycles. The molecule has 1 aromatic rings. The van der Waals surface area contributed by atoms with Gasteiger partial charge in [-0.1, -0.05) is 26.0 Å². The molecule has 2 N–H and O–H groups in total. The molecule has 3 fully saturated rings. The number of carbonyl (C=O) groups excluding carboxylic acids is 4. The number of aliphatic hydroxyl groups is 1. The van der Waals surface area contributed by atoms with Gasteiger partial charge in [-0.25, -0.2) is 0 Å². The number of carbonyl (C=O) groups is 4. The van der Waals surface area contributed by atoms with Crippen molar-refractivity contribution in [3.05, 3.63) is 49.6 Å². The number of aliphatic hydroxyl groups excluding tert-OH is 1. The highest BCUT2D eigenvalue weighted by atomic mass is 16.6. The Morgan fingerprint density at radius 2 is 1.79 bits per heavy atom. The van der Waals surface area contributed by atoms with Gasteiger partial charge in [0.05, 0.1) is 37.1 Å². The monoisotopic (exact) mass is 666 g/mol. The molecule has 7 atom stereocenters. The second kappa shape index (κ2) is 16.1. The molecule has 1 aromatic carbocycles. The first kappa shape index (κ1) is 37.1. The molecule has 48 heavy (non-hydrogen) atoms. The summed E-state index contributed by atoms with van der Waals surface area (Å²) in [5.74, 6) is -3.20. The van der Waals surface area contributed by atoms with Crippen LogP contribution in [-0.4, -0.2) is 96.4 Å². The third-order valence-corrected chi connectivity index (χ3v) is 9.94. The van der Waals surface area contributed by atoms with Gasteiger partial charge in [-0.3, -0.25) is 19.2 Å². The smallest absolute Gasteiger partial charge is 0.312 e. The topological polar surface area (TPSA) is 129 Å². The highest BCUT2D eigenvalue weighted by Crippen LogP contribution is 2.59. The number of hydrogen-bond acceptors (Lipinski definition) is 8. The molecule has 3 saturated heterocycles. The number of nitrogens with zero attached hydrogens (tertiary/aromatic N) is 3. The van der Waals surface area contributed by atoms with Crippen LogP contribution in [0.25, 0.3) is 0 Å². The van der Waals surface area contributed by atoms with Gasteiger partial charge in [0, 0.05) is 37.4 Å². The summed E-state index contributed by atoms with van der Waals surface area (Å²) in [6.45, 7) is 19.1. The Labute approximate surface area is 285 Å². The van der Waals surface area contributed by atoms with E-state index in [0.29, 0.717) is 37.8 Å². The van der Waals surface area contributed by atoms with Crippen LogP contribution in [0.2, 0.25) is 0 Å². The summed E-state index contributed by atoms with van der Waals surface area (Å²) in [6, 6.07) is 6.05. The Morgan fingerprint density at radius 3 is 2.38 bits per heavy atom. The molecule has 3 amide bonds. The van der Waals surface area contributed by atoms with Gasteiger partial charge in [0.25, 0.3) is 5.91 Å². The van der Waals surface area contributed by atoms with Crippen molar-refractivity contribution < 1.29 is 33.8 Å². The maximum atomic E-state index is 14.9. The average Bonchev–Trinajstić information content (AvgIpc) is 3.72. The van der Waals surface area contributed by atoms with Crippen LogP contribution in [0.15, 0.2) is 49.6 Å². The van der Waals surface area contributed by atoms with Gasteiger partial charge < -0.3 is 34.6 Å². The third kappa shape index (κ3) is 7.32. The van der Waals surface area contributed by atoms with Gasteiger partial charge in [0.1, 0.15) is 17.7 Å². The summed E-state index contributed by atoms with van der Waals surface area (Å²) in [6.07, 6.45) is 4.29. The van der Waals surface area contributed by atoms with E-state index in [1.165, 1.54) is 4.90 Å². The molecule has 0 saturated carbocycles. The quantitative estimate of drug-likeness (QED) is 0.179. The molecule has 1 spiro atoms. The summed E-state index contributed by atoms with van der Waals surface area (Å²) in [7, 11) is 0. The van der Waals surface area contributed by atoms with Crippen LogP contribution < -0.4 is 15.1 Å². The van der Waals surface area contributed by atoms with Crippen molar-refractivity contribution in [2.24, 2.45) is 17.8 Å². The minimum atomic E-state index is -1.25. The molecule has 3 heterocycles. The van der Waals surface area contributed by atoms with Crippen molar-refractivity contribution in [2.45, 2.75) is 96.6 Å². The lowest BCUT2D eigenvalue weighted by molar-refractivity contribution is -0.159. The largest absolute Gasteiger partial charge is 0.460 e. The Bertz CT molecular complexity index is 1330. The summed E-state index contributed by atoms with van der Waals surface area (Å²) in [4.78, 5) is 60.6. The maximum absolute atomic E-state index is 14.9. The van der Waals surface area contributed by atoms with Gasteiger partial charge in [0.15, 0.2) is 0 Å². The molecule has 2 bridgehead atoms. The Morgan fingerprint density at radius 1 is 1.12 bits per heavy atom. The molecular weight excluding hydrogens is 612 g/mol. The van der Waals surface area contributed by atoms with Crippen LogP contribution in [0.5, 0.6) is 0 Å². The fraction of sp³-hybridized carbons (Fsp3) is 0.622. The first-order chi connectivity index (χ1) is 23.0. The van der Waals surface area contributed by atoms with Crippen LogP contribution in [0.3, 0.4) is 0 Å². The molecule has 11 nitrogen and oxygen atoms in total. The summed E-state index contributed by atoms with van der Waals surface area (Å²) in [5, 5.41) is 13.4. The zero-order valence-electron chi connectivity index (χ0n) is 29.2. The van der Waals surface area contributed by atoms with E-state index in [-0.39, 0.29) is 43.3 Å². The summed E-state index contributed by atoms with van der Waals surface area (Å²) < 4.78 is 12.4. The Hall–Kier alpha value is -3.70. The lowest BCUT2D eigenvalue weighted by Crippen LogP contribution is -2.59. The zero-order valence-corrected chi connectivity index (χ0v) is 29.2. The van der Waals surface area contributed by atoms with Crippen molar-refractivity contribution in [1.29, 1.82) is 0 Å². The van der Waals surface area contributed by atoms with Crippen LogP contribution >= 0.6 is 0 Å². The zero-order chi connectivity index (χ0) is 35.2. The van der Waals surface area contributed by atoms with E-state index in [9.17, 15) is 24.3 Å². The van der Waals surface area contributed by atoms with E-state index >= 15 is 0 Å². The number of likely N-dealkylation sites (tertiary alicyclic amines) is 1. The van der Waals surface area contributed by atoms with E-state index < -0.39 is 47.7 Å². The molecule has 264 valence electrons. The minimum absolute atomic E-state index is 0.126. The first-order valence-electron chi connectivity index (χ1n) is 17.4. The van der Waals surface area contributed by atoms with Gasteiger partial charge in [-0.05, 0) is 76.6 Å². The van der Waals surface area contributed by atoms with Crippen molar-refractivity contribution in [1.82, 2.24) is 10.2 Å². The Balaban J connectivity index is 1.67. The number of anilines is 2. The molecular formula is C37H54N4O7. The van der Waals surface area contributed by atoms with Gasteiger partial charge >= 0.3 is 5.97 Å². The van der Waals surface area contributed by atoms with E-state index in [2.05, 4.69) is 37.2 Å². The number of ether oxygens (including phenoxy) is 2. The predicted octanol–water partition coefficient (Wildman–Crippen LogP) is 3.85. The van der Waals surface area contributed by atoms with E-state index in [1.54, 1.807) is 24.0 Å². The first-order valence-corrected chi connectivity index (χ1v) is 17.4. The van der Waals surface area contributed by atoms with Crippen LogP contribution in [-0.2, 0) is 28.7 Å². The lowest BCUT2D eigenvalue weighted by Gasteiger charge is -2.39. The number of benzene rings is 1. The normalized spacial score (nSPS) is 25.4. The summed E-state index contributed by atoms with van der Waals surface area (Å²) >= 11 is 0. The van der Waals surface area contributed by atoms with E-state index in [4.69, 9.17) is 9.47 Å². The molecule has 3 aliphatic rings. The molecule has 11 heteroatoms. The number of nitrogens with one attached hydrogen (secondary N) is 1. The number of amides is 3. The summed E-state index contributed by atoms with van der Waals surface area (Å²) in [5.41, 5.74) is 0.434. The number of hydrogen-bond donors (Lipinski definition) is 2. The molecule has 0 unspecified atom stereocenters. The number of rotatable bonds is 18. The number of fused-ring (bicyclic) bond motifs is 1. The standard InChI is InChI=1S/C37H54N4O7/c1-8-12-13-30(43)38-22-25(7)47-36(46)31-29-18-19-37(48-29)32(31)34(44)41(28(23-42)21-24(5)6)33(37)35(45)40(20-9-2)27-16-14-26(15-17-27)39(10-3)11-4/h8-9,14-17,24-25,28-29,31-33,42H,1-2,10-13,18-23H2,3-7H3,(H,38,43)/t25-,28-,29-,31+,32+,33-,37+/m1/s1. The number of esters is 1. The Kier molecular flexibility index (Phi) is 12.5. The predicted molar refractivity (Wildman–Crippen MR) is 185 cm³/mol. The maximum Gasteiger partial charge on any atom is 0.312 e. The molecule has 4 rings (SSSR count). The fourth-order valence-corrected chi connectivity index (χ4v) is 7.78. The van der Waals surface area contributed by atoms with Gasteiger partial charge in [-0.2, -0.15) is 0 Å². The van der Waals surface area contributed by atoms with Crippen LogP contribution in [0.4, 0.5) is 11.4 Å². The third-order valence-electron chi connectivity index (χ3n) is 9.94. The van der Waals surface area contributed by atoms with Crippen molar-refractivity contribution >= 4 is 35.1 Å². The molecule has 3 aliphatic heterocycles. The van der Waals surface area contributed by atoms with Crippen LogP contribution in [0, 0.1) is 17.8 Å². The second-order valence-corrected chi connectivity index (χ2v) is 13.6. The number of allylic oxidation sites excluding steroid dienone is 1. The van der Waals surface area contributed by atoms with Gasteiger partial charge in [-0.15, -0.1) is 13.2 Å². The van der Waals surface area contributed by atoms with Crippen molar-refractivity contribution in [2.75, 3.05) is 42.6 Å². The molecule has 0 aromatic heterocycles. The molecule has 0 radical (unpaired) electrons. The van der Waals surface area contributed by atoms with Crippen molar-refractivity contribution in [3.63, 3.8) is 0 Å². The SMILES string of the molecule is C=CCCC(=O)NC[C@@H](C)OC(=O)[C@@H]1[C@H]2C(=O)N([C@@H](CO)CC(C)C)[C@H](C(=O)N(CC=C)c3ccc(N(CC)CC)cc3)[C@]23CC[C@H]1O3. The van der Waals surface area contributed by atoms with Crippen LogP contribution in [0.1, 0.15) is 66.7 Å². The minimum Gasteiger partial charge on any atom is -0.460 e. The fourth-order valence-electron chi connectivity index (χ4n) is 7.78. The second-order valence-electron chi connectivity index (χ2n) is 13.6. The highest BCUT2D eigenvalue weighted by molar-refractivity contribution is 6.05. The van der Waals surface area contributed by atoms with E-state index in [0.717, 1.165) is 18.8 Å².